The summed E-state index contributed by atoms with van der Waals surface area (Å²) in [6.07, 6.45) is 5.85. The van der Waals surface area contributed by atoms with Gasteiger partial charge in [0, 0.05) is 18.2 Å². The highest BCUT2D eigenvalue weighted by Crippen LogP contribution is 2.42. The van der Waals surface area contributed by atoms with E-state index in [1.165, 1.54) is 24.1 Å². The second kappa shape index (κ2) is 5.11. The van der Waals surface area contributed by atoms with Crippen LogP contribution in [0.2, 0.25) is 0 Å². The summed E-state index contributed by atoms with van der Waals surface area (Å²) in [5.41, 5.74) is 3.06. The lowest BCUT2D eigenvalue weighted by atomic mass is 9.73. The Hall–Kier alpha value is -1.84. The van der Waals surface area contributed by atoms with Crippen LogP contribution in [0.5, 0.6) is 0 Å². The summed E-state index contributed by atoms with van der Waals surface area (Å²) in [6.45, 7) is 5.64. The van der Waals surface area contributed by atoms with Crippen LogP contribution in [0.3, 0.4) is 0 Å². The highest BCUT2D eigenvalue weighted by Gasteiger charge is 2.32. The Bertz CT molecular complexity index is 666. The molecule has 4 heteroatoms. The zero-order valence-electron chi connectivity index (χ0n) is 13.4. The quantitative estimate of drug-likeness (QED) is 0.821. The number of anilines is 2. The van der Waals surface area contributed by atoms with Gasteiger partial charge in [-0.1, -0.05) is 32.0 Å². The smallest absolute Gasteiger partial charge is 0.270 e. The second-order valence-corrected chi connectivity index (χ2v) is 7.40. The molecule has 0 saturated heterocycles. The molecule has 22 heavy (non-hydrogen) atoms. The summed E-state index contributed by atoms with van der Waals surface area (Å²) < 4.78 is 5.60. The van der Waals surface area contributed by atoms with Gasteiger partial charge in [0.1, 0.15) is 0 Å². The maximum atomic E-state index is 5.60. The van der Waals surface area contributed by atoms with E-state index in [9.17, 15) is 0 Å². The number of hydrogen-bond acceptors (Lipinski definition) is 4. The van der Waals surface area contributed by atoms with Crippen LogP contribution in [0, 0.1) is 5.41 Å². The molecule has 0 unspecified atom stereocenters. The third-order valence-corrected chi connectivity index (χ3v) is 5.25. The van der Waals surface area contributed by atoms with E-state index in [0.717, 1.165) is 37.6 Å². The minimum atomic E-state index is 0.437. The normalized spacial score (nSPS) is 21.1. The van der Waals surface area contributed by atoms with Gasteiger partial charge in [0.2, 0.25) is 5.89 Å². The lowest BCUT2D eigenvalue weighted by molar-refractivity contribution is 0.202. The number of para-hydroxylation sites is 1. The Labute approximate surface area is 131 Å². The van der Waals surface area contributed by atoms with Crippen molar-refractivity contribution < 1.29 is 4.52 Å². The molecular weight excluding hydrogens is 274 g/mol. The summed E-state index contributed by atoms with van der Waals surface area (Å²) in [5, 5.41) is 4.25. The molecule has 0 N–H and O–H groups in total. The van der Waals surface area contributed by atoms with Gasteiger partial charge in [0.25, 0.3) is 5.95 Å². The molecule has 1 aliphatic heterocycles. The van der Waals surface area contributed by atoms with Gasteiger partial charge in [-0.15, -0.1) is 0 Å². The van der Waals surface area contributed by atoms with Crippen LogP contribution in [0.4, 0.5) is 11.6 Å². The van der Waals surface area contributed by atoms with E-state index in [0.29, 0.717) is 11.3 Å². The third-order valence-electron chi connectivity index (χ3n) is 5.25. The van der Waals surface area contributed by atoms with Gasteiger partial charge in [-0.3, -0.25) is 0 Å². The number of benzene rings is 1. The zero-order valence-corrected chi connectivity index (χ0v) is 13.4. The largest absolute Gasteiger partial charge is 0.337 e. The molecule has 4 nitrogen and oxygen atoms in total. The van der Waals surface area contributed by atoms with Crippen molar-refractivity contribution in [2.24, 2.45) is 5.41 Å². The first kappa shape index (κ1) is 13.8. The molecule has 0 atom stereocenters. The molecule has 1 saturated carbocycles. The fourth-order valence-corrected chi connectivity index (χ4v) is 3.69. The van der Waals surface area contributed by atoms with Crippen molar-refractivity contribution in [2.75, 3.05) is 11.4 Å². The Morgan fingerprint density at radius 3 is 2.77 bits per heavy atom. The minimum absolute atomic E-state index is 0.437. The zero-order chi connectivity index (χ0) is 15.2. The fourth-order valence-electron chi connectivity index (χ4n) is 3.69. The monoisotopic (exact) mass is 297 g/mol. The first-order valence-electron chi connectivity index (χ1n) is 8.31. The summed E-state index contributed by atoms with van der Waals surface area (Å²) in [6, 6.07) is 8.48. The number of fused-ring (bicyclic) bond motifs is 1. The Kier molecular flexibility index (Phi) is 3.21. The summed E-state index contributed by atoms with van der Waals surface area (Å²) in [7, 11) is 0. The maximum Gasteiger partial charge on any atom is 0.270 e. The highest BCUT2D eigenvalue weighted by atomic mass is 16.5. The third kappa shape index (κ3) is 2.40. The number of nitrogens with zero attached hydrogens (tertiary/aromatic N) is 3. The average molecular weight is 297 g/mol. The topological polar surface area (TPSA) is 42.2 Å². The van der Waals surface area contributed by atoms with Crippen LogP contribution in [0.1, 0.15) is 56.9 Å². The summed E-state index contributed by atoms with van der Waals surface area (Å²) >= 11 is 0. The molecule has 0 spiro atoms. The van der Waals surface area contributed by atoms with E-state index in [1.54, 1.807) is 0 Å². The molecule has 2 heterocycles. The van der Waals surface area contributed by atoms with Gasteiger partial charge in [-0.05, 0) is 54.3 Å². The Balaban J connectivity index is 1.53. The molecule has 0 radical (unpaired) electrons. The van der Waals surface area contributed by atoms with Gasteiger partial charge in [-0.2, -0.15) is 4.98 Å². The molecule has 1 aliphatic carbocycles. The molecule has 0 amide bonds. The Morgan fingerprint density at radius 2 is 1.95 bits per heavy atom. The van der Waals surface area contributed by atoms with Gasteiger partial charge in [0.05, 0.1) is 0 Å². The molecular formula is C18H23N3O. The van der Waals surface area contributed by atoms with Crippen LogP contribution in [-0.4, -0.2) is 16.7 Å². The SMILES string of the molecule is CC1(C)CCC(c2nc(N3CCc4ccccc43)no2)CC1. The molecule has 116 valence electrons. The average Bonchev–Trinajstić information content (AvgIpc) is 3.13. The van der Waals surface area contributed by atoms with Gasteiger partial charge in [-0.25, -0.2) is 0 Å². The van der Waals surface area contributed by atoms with E-state index < -0.39 is 0 Å². The summed E-state index contributed by atoms with van der Waals surface area (Å²) in [4.78, 5) is 6.89. The predicted molar refractivity (Wildman–Crippen MR) is 86.4 cm³/mol. The van der Waals surface area contributed by atoms with Crippen molar-refractivity contribution in [3.8, 4) is 0 Å². The van der Waals surface area contributed by atoms with E-state index in [1.807, 2.05) is 0 Å². The lowest BCUT2D eigenvalue weighted by Gasteiger charge is -2.32. The van der Waals surface area contributed by atoms with Gasteiger partial charge in [0.15, 0.2) is 0 Å². The van der Waals surface area contributed by atoms with Crippen molar-refractivity contribution in [2.45, 2.75) is 51.9 Å². The van der Waals surface area contributed by atoms with Crippen LogP contribution < -0.4 is 4.90 Å². The van der Waals surface area contributed by atoms with E-state index >= 15 is 0 Å². The Morgan fingerprint density at radius 1 is 1.18 bits per heavy atom. The molecule has 2 aliphatic rings. The highest BCUT2D eigenvalue weighted by molar-refractivity contribution is 5.65. The van der Waals surface area contributed by atoms with E-state index in [-0.39, 0.29) is 0 Å². The maximum absolute atomic E-state index is 5.60. The van der Waals surface area contributed by atoms with Crippen LogP contribution in [0.25, 0.3) is 0 Å². The van der Waals surface area contributed by atoms with Gasteiger partial charge < -0.3 is 9.42 Å². The molecule has 1 fully saturated rings. The van der Waals surface area contributed by atoms with Crippen molar-refractivity contribution in [1.82, 2.24) is 10.1 Å². The minimum Gasteiger partial charge on any atom is -0.337 e. The molecule has 0 bridgehead atoms. The van der Waals surface area contributed by atoms with Crippen molar-refractivity contribution in [3.63, 3.8) is 0 Å². The van der Waals surface area contributed by atoms with Crippen LogP contribution in [-0.2, 0) is 6.42 Å². The second-order valence-electron chi connectivity index (χ2n) is 7.40. The first-order chi connectivity index (χ1) is 10.6. The standard InChI is InChI=1S/C18H23N3O/c1-18(2)10-7-14(8-11-18)16-19-17(20-22-16)21-12-9-13-5-3-4-6-15(13)21/h3-6,14H,7-12H2,1-2H3. The number of rotatable bonds is 2. The first-order valence-corrected chi connectivity index (χ1v) is 8.31. The predicted octanol–water partition coefficient (Wildman–Crippen LogP) is 4.45. The van der Waals surface area contributed by atoms with Crippen LogP contribution in [0.15, 0.2) is 28.8 Å². The fraction of sp³-hybridized carbons (Fsp3) is 0.556. The number of hydrogen-bond donors (Lipinski definition) is 0. The molecule has 1 aromatic carbocycles. The van der Waals surface area contributed by atoms with Crippen molar-refractivity contribution in [1.29, 1.82) is 0 Å². The van der Waals surface area contributed by atoms with Crippen molar-refractivity contribution >= 4 is 11.6 Å². The van der Waals surface area contributed by atoms with E-state index in [4.69, 9.17) is 9.51 Å². The molecule has 1 aromatic heterocycles. The molecule has 2 aromatic rings. The van der Waals surface area contributed by atoms with Crippen molar-refractivity contribution in [3.05, 3.63) is 35.7 Å². The molecule has 4 rings (SSSR count). The van der Waals surface area contributed by atoms with Gasteiger partial charge >= 0.3 is 0 Å². The number of aromatic nitrogens is 2. The van der Waals surface area contributed by atoms with E-state index in [2.05, 4.69) is 48.2 Å². The van der Waals surface area contributed by atoms with Crippen LogP contribution >= 0.6 is 0 Å². The summed E-state index contributed by atoms with van der Waals surface area (Å²) in [5.74, 6) is 1.99. The lowest BCUT2D eigenvalue weighted by Crippen LogP contribution is -2.20.